The summed E-state index contributed by atoms with van der Waals surface area (Å²) in [4.78, 5) is 37.3. The van der Waals surface area contributed by atoms with Crippen molar-refractivity contribution in [1.29, 1.82) is 0 Å². The lowest BCUT2D eigenvalue weighted by atomic mass is 9.95. The molecule has 178 valence electrons. The zero-order valence-corrected chi connectivity index (χ0v) is 19.4. The number of carboxylic acids is 2. The monoisotopic (exact) mass is 462 g/mol. The summed E-state index contributed by atoms with van der Waals surface area (Å²) in [5.74, 6) is -2.04. The van der Waals surface area contributed by atoms with Gasteiger partial charge < -0.3 is 10.2 Å². The molecule has 7 heteroatoms. The molecule has 1 fully saturated rings. The molecule has 0 amide bonds. The van der Waals surface area contributed by atoms with E-state index in [1.807, 2.05) is 31.2 Å². The quantitative estimate of drug-likeness (QED) is 0.478. The van der Waals surface area contributed by atoms with Crippen molar-refractivity contribution in [2.75, 3.05) is 0 Å². The Kier molecular flexibility index (Phi) is 7.01. The highest BCUT2D eigenvalue weighted by Crippen LogP contribution is 2.30. The Morgan fingerprint density at radius 2 is 1.62 bits per heavy atom. The van der Waals surface area contributed by atoms with E-state index in [-0.39, 0.29) is 29.5 Å². The number of nitrogens with zero attached hydrogens (tertiary/aromatic N) is 2. The Hall–Kier alpha value is -3.61. The van der Waals surface area contributed by atoms with Gasteiger partial charge in [0.2, 0.25) is 0 Å². The van der Waals surface area contributed by atoms with Crippen LogP contribution in [0.2, 0.25) is 0 Å². The van der Waals surface area contributed by atoms with Crippen molar-refractivity contribution in [3.05, 3.63) is 81.5 Å². The van der Waals surface area contributed by atoms with Gasteiger partial charge in [0.25, 0.3) is 0 Å². The van der Waals surface area contributed by atoms with Crippen LogP contribution in [0.5, 0.6) is 0 Å². The predicted octanol–water partition coefficient (Wildman–Crippen LogP) is 5.22. The molecule has 0 atom stereocenters. The molecule has 0 spiro atoms. The van der Waals surface area contributed by atoms with Gasteiger partial charge in [-0.25, -0.2) is 14.4 Å². The van der Waals surface area contributed by atoms with Crippen molar-refractivity contribution < 1.29 is 19.8 Å². The topological polar surface area (TPSA) is 102 Å². The first-order chi connectivity index (χ1) is 16.4. The van der Waals surface area contributed by atoms with E-state index in [1.165, 1.54) is 4.57 Å². The Morgan fingerprint density at radius 3 is 2.24 bits per heavy atom. The summed E-state index contributed by atoms with van der Waals surface area (Å²) in [7, 11) is 0. The van der Waals surface area contributed by atoms with Crippen LogP contribution in [0.15, 0.2) is 53.3 Å². The Bertz CT molecular complexity index is 1250. The molecule has 0 bridgehead atoms. The number of carboxylic acid groups (broad SMARTS) is 2. The van der Waals surface area contributed by atoms with Crippen molar-refractivity contribution in [1.82, 2.24) is 9.13 Å². The predicted molar refractivity (Wildman–Crippen MR) is 130 cm³/mol. The van der Waals surface area contributed by atoms with E-state index in [2.05, 4.69) is 0 Å². The van der Waals surface area contributed by atoms with Crippen molar-refractivity contribution in [2.24, 2.45) is 0 Å². The van der Waals surface area contributed by atoms with E-state index in [1.54, 1.807) is 28.8 Å². The molecule has 7 nitrogen and oxygen atoms in total. The Labute approximate surface area is 198 Å². The minimum absolute atomic E-state index is 0.0703. The normalized spacial score (nSPS) is 14.3. The Balaban J connectivity index is 1.72. The minimum Gasteiger partial charge on any atom is -0.478 e. The zero-order valence-electron chi connectivity index (χ0n) is 19.4. The molecule has 1 saturated carbocycles. The SMILES string of the molecule is CCCc1c(C(=O)O)n(C2CCCCC2)c(=O)n1Cc1ccc(-c2ccccc2C(=O)O)cc1. The first kappa shape index (κ1) is 23.5. The van der Waals surface area contributed by atoms with Gasteiger partial charge in [0.1, 0.15) is 0 Å². The van der Waals surface area contributed by atoms with E-state index >= 15 is 0 Å². The summed E-state index contributed by atoms with van der Waals surface area (Å²) in [6, 6.07) is 14.2. The summed E-state index contributed by atoms with van der Waals surface area (Å²) in [6.07, 6.45) is 6.03. The summed E-state index contributed by atoms with van der Waals surface area (Å²) < 4.78 is 3.14. The fourth-order valence-corrected chi connectivity index (χ4v) is 5.06. The summed E-state index contributed by atoms with van der Waals surface area (Å²) >= 11 is 0. The van der Waals surface area contributed by atoms with Crippen molar-refractivity contribution in [2.45, 2.75) is 64.5 Å². The first-order valence-corrected chi connectivity index (χ1v) is 11.9. The average Bonchev–Trinajstić information content (AvgIpc) is 3.12. The molecule has 0 aliphatic heterocycles. The van der Waals surface area contributed by atoms with Crippen molar-refractivity contribution >= 4 is 11.9 Å². The molecule has 0 unspecified atom stereocenters. The largest absolute Gasteiger partial charge is 0.478 e. The third-order valence-corrected chi connectivity index (χ3v) is 6.67. The van der Waals surface area contributed by atoms with Crippen LogP contribution in [0.4, 0.5) is 0 Å². The van der Waals surface area contributed by atoms with Crippen LogP contribution in [0.1, 0.15) is 83.6 Å². The highest BCUT2D eigenvalue weighted by Gasteiger charge is 2.29. The average molecular weight is 463 g/mol. The molecule has 1 aliphatic carbocycles. The molecule has 1 heterocycles. The first-order valence-electron chi connectivity index (χ1n) is 11.9. The molecule has 0 radical (unpaired) electrons. The summed E-state index contributed by atoms with van der Waals surface area (Å²) in [5.41, 5.74) is 2.93. The Morgan fingerprint density at radius 1 is 0.941 bits per heavy atom. The van der Waals surface area contributed by atoms with Gasteiger partial charge in [-0.1, -0.05) is 75.1 Å². The van der Waals surface area contributed by atoms with E-state index in [4.69, 9.17) is 0 Å². The number of carbonyl (C=O) groups is 2. The van der Waals surface area contributed by atoms with Gasteiger partial charge in [0.05, 0.1) is 17.8 Å². The number of rotatable bonds is 8. The minimum atomic E-state index is -1.05. The lowest BCUT2D eigenvalue weighted by Crippen LogP contribution is -2.30. The molecule has 4 rings (SSSR count). The molecule has 2 N–H and O–H groups in total. The molecular formula is C27H30N2O5. The fraction of sp³-hybridized carbons (Fsp3) is 0.370. The van der Waals surface area contributed by atoms with Crippen LogP contribution in [0, 0.1) is 0 Å². The van der Waals surface area contributed by atoms with Gasteiger partial charge in [-0.05, 0) is 42.0 Å². The smallest absolute Gasteiger partial charge is 0.354 e. The van der Waals surface area contributed by atoms with Crippen LogP contribution in [0.3, 0.4) is 0 Å². The molecule has 1 aromatic heterocycles. The third kappa shape index (κ3) is 4.55. The van der Waals surface area contributed by atoms with E-state index in [0.29, 0.717) is 17.7 Å². The number of benzene rings is 2. The van der Waals surface area contributed by atoms with Gasteiger partial charge in [-0.2, -0.15) is 0 Å². The second kappa shape index (κ2) is 10.1. The maximum Gasteiger partial charge on any atom is 0.354 e. The molecule has 1 aliphatic rings. The third-order valence-electron chi connectivity index (χ3n) is 6.67. The highest BCUT2D eigenvalue weighted by molar-refractivity contribution is 5.96. The lowest BCUT2D eigenvalue weighted by Gasteiger charge is -2.23. The molecule has 2 aromatic carbocycles. The maximum atomic E-state index is 13.5. The van der Waals surface area contributed by atoms with Crippen molar-refractivity contribution in [3.8, 4) is 11.1 Å². The number of hydrogen-bond acceptors (Lipinski definition) is 3. The standard InChI is InChI=1S/C27H30N2O5/c1-2-8-23-24(26(32)33)29(20-9-4-3-5-10-20)27(34)28(23)17-18-13-15-19(16-14-18)21-11-6-7-12-22(21)25(30)31/h6-7,11-16,20H,2-5,8-10,17H2,1H3,(H,30,31)(H,32,33). The molecular weight excluding hydrogens is 432 g/mol. The summed E-state index contributed by atoms with van der Waals surface area (Å²) in [5, 5.41) is 19.5. The van der Waals surface area contributed by atoms with E-state index in [0.717, 1.165) is 49.7 Å². The van der Waals surface area contributed by atoms with Crippen LogP contribution in [0.25, 0.3) is 11.1 Å². The van der Waals surface area contributed by atoms with Crippen LogP contribution < -0.4 is 5.69 Å². The number of hydrogen-bond donors (Lipinski definition) is 2. The van der Waals surface area contributed by atoms with E-state index in [9.17, 15) is 24.6 Å². The molecule has 3 aromatic rings. The number of imidazole rings is 1. The molecule has 34 heavy (non-hydrogen) atoms. The van der Waals surface area contributed by atoms with Gasteiger partial charge in [0.15, 0.2) is 5.69 Å². The molecule has 0 saturated heterocycles. The van der Waals surface area contributed by atoms with E-state index < -0.39 is 11.9 Å². The van der Waals surface area contributed by atoms with Gasteiger partial charge >= 0.3 is 17.6 Å². The van der Waals surface area contributed by atoms with Crippen molar-refractivity contribution in [3.63, 3.8) is 0 Å². The second-order valence-electron chi connectivity index (χ2n) is 8.93. The zero-order chi connectivity index (χ0) is 24.2. The number of aromatic nitrogens is 2. The van der Waals surface area contributed by atoms with Crippen LogP contribution in [-0.2, 0) is 13.0 Å². The van der Waals surface area contributed by atoms with Gasteiger partial charge in [-0.3, -0.25) is 9.13 Å². The summed E-state index contributed by atoms with van der Waals surface area (Å²) in [6.45, 7) is 2.25. The highest BCUT2D eigenvalue weighted by atomic mass is 16.4. The second-order valence-corrected chi connectivity index (χ2v) is 8.93. The van der Waals surface area contributed by atoms with Gasteiger partial charge in [-0.15, -0.1) is 0 Å². The number of aromatic carboxylic acids is 2. The lowest BCUT2D eigenvalue weighted by molar-refractivity contribution is 0.0674. The van der Waals surface area contributed by atoms with Crippen LogP contribution >= 0.6 is 0 Å². The van der Waals surface area contributed by atoms with Crippen LogP contribution in [-0.4, -0.2) is 31.3 Å². The fourth-order valence-electron chi connectivity index (χ4n) is 5.06. The van der Waals surface area contributed by atoms with Gasteiger partial charge in [0, 0.05) is 6.04 Å². The maximum absolute atomic E-state index is 13.5.